The Labute approximate surface area is 161 Å². The number of thioether (sulfide) groups is 1. The van der Waals surface area contributed by atoms with Gasteiger partial charge in [0.25, 0.3) is 0 Å². The van der Waals surface area contributed by atoms with Crippen molar-refractivity contribution in [1.82, 2.24) is 4.98 Å². The summed E-state index contributed by atoms with van der Waals surface area (Å²) in [6.45, 7) is 0. The Morgan fingerprint density at radius 2 is 1.62 bits per heavy atom. The molecule has 1 aliphatic heterocycles. The largest absolute Gasteiger partial charge is 0.247 e. The first-order chi connectivity index (χ1) is 12.3. The van der Waals surface area contributed by atoms with E-state index in [1.165, 1.54) is 22.8 Å². The Morgan fingerprint density at radius 3 is 2.46 bits per heavy atom. The Bertz CT molecular complexity index is 1110. The van der Waals surface area contributed by atoms with Crippen LogP contribution in [0.2, 0.25) is 0 Å². The lowest BCUT2D eigenvalue weighted by Gasteiger charge is -2.23. The van der Waals surface area contributed by atoms with Crippen molar-refractivity contribution in [2.75, 3.05) is 0 Å². The highest BCUT2D eigenvalue weighted by Crippen LogP contribution is 2.47. The summed E-state index contributed by atoms with van der Waals surface area (Å²) in [6.07, 6.45) is 0. The third-order valence-electron chi connectivity index (χ3n) is 4.64. The Morgan fingerprint density at radius 1 is 0.846 bits per heavy atom. The molecular weight excluding hydrogens is 365 g/mol. The first kappa shape index (κ1) is 17.1. The second-order valence-corrected chi connectivity index (χ2v) is 7.09. The molecule has 1 nitrogen and oxygen atoms in total. The van der Waals surface area contributed by atoms with Crippen LogP contribution in [0.1, 0.15) is 5.56 Å². The first-order valence-corrected chi connectivity index (χ1v) is 9.20. The molecule has 0 N–H and O–H groups in total. The van der Waals surface area contributed by atoms with E-state index in [9.17, 15) is 4.39 Å². The number of para-hydroxylation sites is 1. The zero-order valence-electron chi connectivity index (χ0n) is 13.8. The molecular formula is C22H15ClFNS. The maximum atomic E-state index is 14.3. The summed E-state index contributed by atoms with van der Waals surface area (Å²) < 4.78 is 14.3. The third-order valence-corrected chi connectivity index (χ3v) is 5.78. The molecule has 0 saturated carbocycles. The lowest BCUT2D eigenvalue weighted by atomic mass is 9.92. The van der Waals surface area contributed by atoms with Crippen molar-refractivity contribution in [2.24, 2.45) is 0 Å². The summed E-state index contributed by atoms with van der Waals surface area (Å²) in [4.78, 5) is 5.61. The fourth-order valence-electron chi connectivity index (χ4n) is 3.54. The predicted octanol–water partition coefficient (Wildman–Crippen LogP) is 6.74. The Balaban J connectivity index is 0.00000168. The minimum absolute atomic E-state index is 0. The summed E-state index contributed by atoms with van der Waals surface area (Å²) in [6, 6.07) is 23.9. The fraction of sp³-hybridized carbons (Fsp3) is 0.0455. The molecule has 0 spiro atoms. The topological polar surface area (TPSA) is 12.9 Å². The molecule has 0 bridgehead atoms. The lowest BCUT2D eigenvalue weighted by molar-refractivity contribution is 0.602. The standard InChI is InChI=1S/C22H14FNS.ClH/c23-18-11-6-10-16-21-17(13-25-22(16)18)20(14-7-2-1-3-8-14)15-9-4-5-12-19(15)24-21;/h1-12H,13H2;1H. The number of pyridine rings is 1. The summed E-state index contributed by atoms with van der Waals surface area (Å²) in [5.74, 6) is 0.565. The summed E-state index contributed by atoms with van der Waals surface area (Å²) >= 11 is 1.56. The third kappa shape index (κ3) is 2.59. The molecule has 1 aliphatic rings. The number of hydrogen-bond acceptors (Lipinski definition) is 2. The van der Waals surface area contributed by atoms with Crippen LogP contribution in [-0.2, 0) is 5.75 Å². The van der Waals surface area contributed by atoms with Crippen LogP contribution in [0.15, 0.2) is 77.7 Å². The van der Waals surface area contributed by atoms with E-state index in [2.05, 4.69) is 30.3 Å². The molecule has 0 unspecified atom stereocenters. The van der Waals surface area contributed by atoms with Crippen LogP contribution in [-0.4, -0.2) is 4.98 Å². The van der Waals surface area contributed by atoms with Gasteiger partial charge in [-0.1, -0.05) is 60.7 Å². The fourth-order valence-corrected chi connectivity index (χ4v) is 4.63. The molecule has 26 heavy (non-hydrogen) atoms. The lowest BCUT2D eigenvalue weighted by Crippen LogP contribution is -2.04. The molecule has 2 heterocycles. The molecule has 0 atom stereocenters. The number of nitrogens with zero attached hydrogens (tertiary/aromatic N) is 1. The Hall–Kier alpha value is -2.36. The zero-order valence-corrected chi connectivity index (χ0v) is 15.4. The van der Waals surface area contributed by atoms with Crippen LogP contribution in [0.4, 0.5) is 4.39 Å². The average Bonchev–Trinajstić information content (AvgIpc) is 2.67. The van der Waals surface area contributed by atoms with Crippen molar-refractivity contribution >= 4 is 35.1 Å². The summed E-state index contributed by atoms with van der Waals surface area (Å²) in [5.41, 5.74) is 6.33. The minimum atomic E-state index is -0.163. The van der Waals surface area contributed by atoms with Crippen molar-refractivity contribution in [2.45, 2.75) is 10.6 Å². The number of hydrogen-bond donors (Lipinski definition) is 0. The summed E-state index contributed by atoms with van der Waals surface area (Å²) in [7, 11) is 0. The van der Waals surface area contributed by atoms with Crippen LogP contribution in [0.5, 0.6) is 0 Å². The van der Waals surface area contributed by atoms with Crippen molar-refractivity contribution in [1.29, 1.82) is 0 Å². The molecule has 4 aromatic rings. The predicted molar refractivity (Wildman–Crippen MR) is 109 cm³/mol. The molecule has 0 aliphatic carbocycles. The van der Waals surface area contributed by atoms with E-state index in [4.69, 9.17) is 4.98 Å². The second kappa shape index (κ2) is 6.75. The molecule has 0 amide bonds. The van der Waals surface area contributed by atoms with E-state index in [-0.39, 0.29) is 18.2 Å². The highest BCUT2D eigenvalue weighted by Gasteiger charge is 2.25. The molecule has 128 valence electrons. The van der Waals surface area contributed by atoms with Gasteiger partial charge >= 0.3 is 0 Å². The second-order valence-electron chi connectivity index (χ2n) is 6.10. The van der Waals surface area contributed by atoms with Crippen molar-refractivity contribution in [3.05, 3.63) is 84.2 Å². The monoisotopic (exact) mass is 379 g/mol. The van der Waals surface area contributed by atoms with Crippen LogP contribution >= 0.6 is 24.2 Å². The highest BCUT2D eigenvalue weighted by molar-refractivity contribution is 7.98. The molecule has 0 saturated heterocycles. The van der Waals surface area contributed by atoms with E-state index in [1.54, 1.807) is 17.8 Å². The van der Waals surface area contributed by atoms with Crippen LogP contribution in [0.3, 0.4) is 0 Å². The van der Waals surface area contributed by atoms with Gasteiger partial charge in [-0.2, -0.15) is 0 Å². The molecule has 4 heteroatoms. The summed E-state index contributed by atoms with van der Waals surface area (Å²) in [5, 5.41) is 1.15. The first-order valence-electron chi connectivity index (χ1n) is 8.21. The molecule has 1 aromatic heterocycles. The maximum absolute atomic E-state index is 14.3. The van der Waals surface area contributed by atoms with Crippen molar-refractivity contribution in [3.63, 3.8) is 0 Å². The van der Waals surface area contributed by atoms with Gasteiger partial charge in [0.2, 0.25) is 0 Å². The zero-order chi connectivity index (χ0) is 16.8. The highest BCUT2D eigenvalue weighted by atomic mass is 35.5. The molecule has 0 radical (unpaired) electrons. The molecule has 5 rings (SSSR count). The number of benzene rings is 3. The van der Waals surface area contributed by atoms with E-state index in [0.29, 0.717) is 4.90 Å². The van der Waals surface area contributed by atoms with E-state index < -0.39 is 0 Å². The van der Waals surface area contributed by atoms with Gasteiger partial charge in [0, 0.05) is 16.7 Å². The van der Waals surface area contributed by atoms with Gasteiger partial charge in [0.15, 0.2) is 0 Å². The minimum Gasteiger partial charge on any atom is -0.247 e. The van der Waals surface area contributed by atoms with E-state index in [1.807, 2.05) is 30.3 Å². The maximum Gasteiger partial charge on any atom is 0.137 e. The van der Waals surface area contributed by atoms with Crippen molar-refractivity contribution in [3.8, 4) is 22.4 Å². The van der Waals surface area contributed by atoms with Gasteiger partial charge in [-0.05, 0) is 28.8 Å². The van der Waals surface area contributed by atoms with E-state index in [0.717, 1.165) is 27.9 Å². The number of fused-ring (bicyclic) bond motifs is 4. The van der Waals surface area contributed by atoms with Crippen LogP contribution in [0, 0.1) is 5.82 Å². The van der Waals surface area contributed by atoms with Gasteiger partial charge < -0.3 is 0 Å². The number of halogens is 2. The average molecular weight is 380 g/mol. The quantitative estimate of drug-likeness (QED) is 0.363. The number of aromatic nitrogens is 1. The van der Waals surface area contributed by atoms with Gasteiger partial charge in [-0.3, -0.25) is 0 Å². The van der Waals surface area contributed by atoms with Gasteiger partial charge in [0.1, 0.15) is 5.82 Å². The normalized spacial score (nSPS) is 12.2. The van der Waals surface area contributed by atoms with Crippen molar-refractivity contribution < 1.29 is 4.39 Å². The molecule has 3 aromatic carbocycles. The SMILES string of the molecule is Cl.Fc1cccc2c1SCc1c-2nc2ccccc2c1-c1ccccc1. The number of rotatable bonds is 1. The van der Waals surface area contributed by atoms with Gasteiger partial charge in [-0.15, -0.1) is 24.2 Å². The van der Waals surface area contributed by atoms with Crippen LogP contribution < -0.4 is 0 Å². The van der Waals surface area contributed by atoms with Crippen LogP contribution in [0.25, 0.3) is 33.3 Å². The van der Waals surface area contributed by atoms with E-state index >= 15 is 0 Å². The van der Waals surface area contributed by atoms with Gasteiger partial charge in [-0.25, -0.2) is 9.37 Å². The smallest absolute Gasteiger partial charge is 0.137 e. The van der Waals surface area contributed by atoms with Gasteiger partial charge in [0.05, 0.1) is 16.1 Å². The molecule has 0 fully saturated rings. The Kier molecular flexibility index (Phi) is 4.43.